The van der Waals surface area contributed by atoms with Crippen molar-refractivity contribution in [1.29, 1.82) is 0 Å². The fraction of sp³-hybridized carbons (Fsp3) is 0.206. The lowest BCUT2D eigenvalue weighted by Gasteiger charge is -2.24. The smallest absolute Gasteiger partial charge is 0.192 e. The van der Waals surface area contributed by atoms with Crippen LogP contribution in [-0.2, 0) is 26.1 Å². The highest BCUT2D eigenvalue weighted by Gasteiger charge is 2.18. The van der Waals surface area contributed by atoms with Crippen LogP contribution in [0, 0.1) is 6.92 Å². The van der Waals surface area contributed by atoms with Crippen LogP contribution in [0.5, 0.6) is 11.5 Å². The average molecular weight is 520 g/mol. The van der Waals surface area contributed by atoms with Gasteiger partial charge in [-0.3, -0.25) is 9.69 Å². The van der Waals surface area contributed by atoms with E-state index in [1.165, 1.54) is 11.1 Å². The molecule has 4 aromatic carbocycles. The first-order chi connectivity index (χ1) is 19.1. The van der Waals surface area contributed by atoms with Gasteiger partial charge < -0.3 is 13.9 Å². The minimum atomic E-state index is -0.0457. The van der Waals surface area contributed by atoms with Crippen molar-refractivity contribution in [2.75, 3.05) is 13.7 Å². The van der Waals surface area contributed by atoms with Gasteiger partial charge in [0.05, 0.1) is 18.1 Å². The minimum absolute atomic E-state index is 0.0457. The molecule has 0 aliphatic heterocycles. The van der Waals surface area contributed by atoms with Crippen molar-refractivity contribution in [3.63, 3.8) is 0 Å². The average Bonchev–Trinajstić information content (AvgIpc) is 2.97. The third-order valence-electron chi connectivity index (χ3n) is 6.82. The molecule has 0 N–H and O–H groups in total. The Kier molecular flexibility index (Phi) is 8.39. The number of benzene rings is 4. The van der Waals surface area contributed by atoms with E-state index in [1.54, 1.807) is 19.2 Å². The number of rotatable bonds is 11. The number of nitrogens with zero attached hydrogens (tertiary/aromatic N) is 1. The maximum absolute atomic E-state index is 12.9. The molecule has 5 rings (SSSR count). The molecule has 0 saturated heterocycles. The molecule has 5 nitrogen and oxygen atoms in total. The lowest BCUT2D eigenvalue weighted by molar-refractivity contribution is 0.248. The number of hydrogen-bond donors (Lipinski definition) is 0. The summed E-state index contributed by atoms with van der Waals surface area (Å²) in [7, 11) is 1.65. The number of fused-ring (bicyclic) bond motifs is 1. The largest absolute Gasteiger partial charge is 0.497 e. The Hall–Kier alpha value is -4.35. The zero-order valence-electron chi connectivity index (χ0n) is 22.4. The van der Waals surface area contributed by atoms with Crippen LogP contribution in [0.15, 0.2) is 112 Å². The molecule has 5 heteroatoms. The molecule has 0 unspecified atom stereocenters. The second kappa shape index (κ2) is 12.5. The van der Waals surface area contributed by atoms with Crippen molar-refractivity contribution in [2.45, 2.75) is 33.0 Å². The third kappa shape index (κ3) is 6.75. The van der Waals surface area contributed by atoms with Crippen molar-refractivity contribution in [1.82, 2.24) is 4.90 Å². The Bertz CT molecular complexity index is 1560. The van der Waals surface area contributed by atoms with Crippen molar-refractivity contribution < 1.29 is 13.9 Å². The molecular weight excluding hydrogens is 486 g/mol. The molecule has 1 heterocycles. The molecule has 0 aliphatic carbocycles. The standard InChI is InChI=1S/C34H33NO4/c1-25-21-32(36)30-17-18-33(38-24-28-13-15-29(37-2)16-14-28)31(34(30)39-25)23-35(22-27-11-7-4-8-12-27)20-19-26-9-5-3-6-10-26/h3-18,21H,19-20,22-24H2,1-2H3. The van der Waals surface area contributed by atoms with Gasteiger partial charge in [0.25, 0.3) is 0 Å². The van der Waals surface area contributed by atoms with Crippen LogP contribution in [0.1, 0.15) is 28.0 Å². The molecule has 0 spiro atoms. The Morgan fingerprint density at radius 2 is 1.46 bits per heavy atom. The van der Waals surface area contributed by atoms with Gasteiger partial charge in [-0.25, -0.2) is 0 Å². The maximum atomic E-state index is 12.9. The van der Waals surface area contributed by atoms with E-state index in [0.29, 0.717) is 35.6 Å². The van der Waals surface area contributed by atoms with E-state index in [9.17, 15) is 4.79 Å². The van der Waals surface area contributed by atoms with Crippen LogP contribution < -0.4 is 14.9 Å². The predicted molar refractivity (Wildman–Crippen MR) is 155 cm³/mol. The second-order valence-electron chi connectivity index (χ2n) is 9.71. The predicted octanol–water partition coefficient (Wildman–Crippen LogP) is 6.93. The fourth-order valence-electron chi connectivity index (χ4n) is 4.75. The summed E-state index contributed by atoms with van der Waals surface area (Å²) in [5.74, 6) is 2.10. The van der Waals surface area contributed by atoms with Gasteiger partial charge in [0.1, 0.15) is 29.4 Å². The quantitative estimate of drug-likeness (QED) is 0.189. The summed E-state index contributed by atoms with van der Waals surface area (Å²) >= 11 is 0. The molecule has 5 aromatic rings. The van der Waals surface area contributed by atoms with Gasteiger partial charge in [-0.2, -0.15) is 0 Å². The Morgan fingerprint density at radius 1 is 0.769 bits per heavy atom. The van der Waals surface area contributed by atoms with E-state index >= 15 is 0 Å². The van der Waals surface area contributed by atoms with Crippen LogP contribution in [0.3, 0.4) is 0 Å². The molecule has 0 amide bonds. The van der Waals surface area contributed by atoms with E-state index in [1.807, 2.05) is 49.4 Å². The topological polar surface area (TPSA) is 51.9 Å². The number of ether oxygens (including phenoxy) is 2. The first kappa shape index (κ1) is 26.3. The monoisotopic (exact) mass is 519 g/mol. The van der Waals surface area contributed by atoms with E-state index < -0.39 is 0 Å². The SMILES string of the molecule is COc1ccc(COc2ccc3c(=O)cc(C)oc3c2CN(CCc2ccccc2)Cc2ccccc2)cc1. The number of hydrogen-bond acceptors (Lipinski definition) is 5. The Labute approximate surface area is 229 Å². The van der Waals surface area contributed by atoms with Crippen molar-refractivity contribution >= 4 is 11.0 Å². The number of aryl methyl sites for hydroxylation is 1. The molecule has 0 aliphatic rings. The maximum Gasteiger partial charge on any atom is 0.192 e. The van der Waals surface area contributed by atoms with Gasteiger partial charge in [-0.1, -0.05) is 72.8 Å². The van der Waals surface area contributed by atoms with Gasteiger partial charge >= 0.3 is 0 Å². The molecule has 0 atom stereocenters. The highest BCUT2D eigenvalue weighted by Crippen LogP contribution is 2.30. The molecule has 0 radical (unpaired) electrons. The molecule has 39 heavy (non-hydrogen) atoms. The third-order valence-corrected chi connectivity index (χ3v) is 6.82. The minimum Gasteiger partial charge on any atom is -0.497 e. The second-order valence-corrected chi connectivity index (χ2v) is 9.71. The van der Waals surface area contributed by atoms with E-state index in [0.717, 1.165) is 36.4 Å². The summed E-state index contributed by atoms with van der Waals surface area (Å²) in [6.45, 7) is 4.37. The zero-order chi connectivity index (χ0) is 27.0. The van der Waals surface area contributed by atoms with Gasteiger partial charge in [0.2, 0.25) is 0 Å². The lowest BCUT2D eigenvalue weighted by atomic mass is 10.1. The summed E-state index contributed by atoms with van der Waals surface area (Å²) in [5, 5.41) is 0.565. The number of methoxy groups -OCH3 is 1. The first-order valence-electron chi connectivity index (χ1n) is 13.2. The highest BCUT2D eigenvalue weighted by molar-refractivity contribution is 5.82. The van der Waals surface area contributed by atoms with Gasteiger partial charge in [0, 0.05) is 25.7 Å². The van der Waals surface area contributed by atoms with E-state index in [2.05, 4.69) is 53.4 Å². The van der Waals surface area contributed by atoms with Crippen LogP contribution in [-0.4, -0.2) is 18.6 Å². The van der Waals surface area contributed by atoms with Crippen LogP contribution in [0.25, 0.3) is 11.0 Å². The zero-order valence-corrected chi connectivity index (χ0v) is 22.4. The van der Waals surface area contributed by atoms with Gasteiger partial charge in [-0.05, 0) is 54.3 Å². The van der Waals surface area contributed by atoms with Crippen LogP contribution >= 0.6 is 0 Å². The summed E-state index contributed by atoms with van der Waals surface area (Å²) in [5.41, 5.74) is 4.96. The molecule has 1 aromatic heterocycles. The van der Waals surface area contributed by atoms with Gasteiger partial charge in [-0.15, -0.1) is 0 Å². The molecular formula is C34H33NO4. The van der Waals surface area contributed by atoms with Crippen molar-refractivity contribution in [3.8, 4) is 11.5 Å². The summed E-state index contributed by atoms with van der Waals surface area (Å²) in [6.07, 6.45) is 0.906. The summed E-state index contributed by atoms with van der Waals surface area (Å²) in [6, 6.07) is 34.0. The molecule has 0 bridgehead atoms. The molecule has 0 fully saturated rings. The normalized spacial score (nSPS) is 11.2. The van der Waals surface area contributed by atoms with Crippen molar-refractivity contribution in [2.24, 2.45) is 0 Å². The van der Waals surface area contributed by atoms with Gasteiger partial charge in [0.15, 0.2) is 5.43 Å². The molecule has 0 saturated carbocycles. The molecule has 198 valence electrons. The summed E-state index contributed by atoms with van der Waals surface area (Å²) < 4.78 is 17.8. The van der Waals surface area contributed by atoms with E-state index in [4.69, 9.17) is 13.9 Å². The van der Waals surface area contributed by atoms with E-state index in [-0.39, 0.29) is 5.43 Å². The van der Waals surface area contributed by atoms with Crippen molar-refractivity contribution in [3.05, 3.63) is 141 Å². The highest BCUT2D eigenvalue weighted by atomic mass is 16.5. The summed E-state index contributed by atoms with van der Waals surface area (Å²) in [4.78, 5) is 15.3. The Balaban J connectivity index is 1.49. The lowest BCUT2D eigenvalue weighted by Crippen LogP contribution is -2.26. The van der Waals surface area contributed by atoms with Crippen LogP contribution in [0.2, 0.25) is 0 Å². The van der Waals surface area contributed by atoms with Crippen LogP contribution in [0.4, 0.5) is 0 Å². The Morgan fingerprint density at radius 3 is 2.15 bits per heavy atom. The first-order valence-corrected chi connectivity index (χ1v) is 13.2. The fourth-order valence-corrected chi connectivity index (χ4v) is 4.75.